The SMILES string of the molecule is Cc1cc(Oc2cc(NN)ncn2)ccc1Cl. The van der Waals surface area contributed by atoms with E-state index in [9.17, 15) is 0 Å². The third-order valence-corrected chi connectivity index (χ3v) is 2.57. The third kappa shape index (κ3) is 2.83. The van der Waals surface area contributed by atoms with Crippen LogP contribution in [0, 0.1) is 6.92 Å². The van der Waals surface area contributed by atoms with Gasteiger partial charge in [0.05, 0.1) is 0 Å². The van der Waals surface area contributed by atoms with E-state index in [0.717, 1.165) is 5.56 Å². The first-order valence-electron chi connectivity index (χ1n) is 4.91. The highest BCUT2D eigenvalue weighted by Crippen LogP contribution is 2.25. The molecule has 3 N–H and O–H groups in total. The molecule has 6 heteroatoms. The van der Waals surface area contributed by atoms with Crippen LogP contribution < -0.4 is 16.0 Å². The predicted octanol–water partition coefficient (Wildman–Crippen LogP) is 2.52. The lowest BCUT2D eigenvalue weighted by Crippen LogP contribution is -2.08. The molecule has 1 aromatic heterocycles. The molecule has 0 aliphatic heterocycles. The number of aromatic nitrogens is 2. The summed E-state index contributed by atoms with van der Waals surface area (Å²) in [6.07, 6.45) is 1.37. The van der Waals surface area contributed by atoms with Gasteiger partial charge in [0, 0.05) is 11.1 Å². The summed E-state index contributed by atoms with van der Waals surface area (Å²) in [7, 11) is 0. The largest absolute Gasteiger partial charge is 0.439 e. The lowest BCUT2D eigenvalue weighted by atomic mass is 10.2. The number of nitrogen functional groups attached to an aromatic ring is 1. The first-order chi connectivity index (χ1) is 8.19. The molecule has 5 nitrogen and oxygen atoms in total. The summed E-state index contributed by atoms with van der Waals surface area (Å²) in [4.78, 5) is 7.86. The van der Waals surface area contributed by atoms with Gasteiger partial charge < -0.3 is 10.2 Å². The molecule has 0 spiro atoms. The van der Waals surface area contributed by atoms with Crippen LogP contribution in [0.15, 0.2) is 30.6 Å². The topological polar surface area (TPSA) is 73.1 Å². The van der Waals surface area contributed by atoms with Gasteiger partial charge in [0.1, 0.15) is 17.9 Å². The number of nitrogens with zero attached hydrogens (tertiary/aromatic N) is 2. The smallest absolute Gasteiger partial charge is 0.224 e. The first kappa shape index (κ1) is 11.6. The molecule has 0 aliphatic carbocycles. The van der Waals surface area contributed by atoms with Gasteiger partial charge >= 0.3 is 0 Å². The van der Waals surface area contributed by atoms with Gasteiger partial charge in [0.2, 0.25) is 5.88 Å². The van der Waals surface area contributed by atoms with Gasteiger partial charge in [-0.15, -0.1) is 0 Å². The van der Waals surface area contributed by atoms with Crippen LogP contribution in [0.4, 0.5) is 5.82 Å². The Morgan fingerprint density at radius 1 is 1.29 bits per heavy atom. The minimum atomic E-state index is 0.412. The van der Waals surface area contributed by atoms with Gasteiger partial charge in [-0.1, -0.05) is 11.6 Å². The number of benzene rings is 1. The number of hydrogen-bond acceptors (Lipinski definition) is 5. The fraction of sp³-hybridized carbons (Fsp3) is 0.0909. The van der Waals surface area contributed by atoms with E-state index < -0.39 is 0 Å². The lowest BCUT2D eigenvalue weighted by Gasteiger charge is -2.07. The van der Waals surface area contributed by atoms with Crippen molar-refractivity contribution in [2.45, 2.75) is 6.92 Å². The third-order valence-electron chi connectivity index (χ3n) is 2.14. The van der Waals surface area contributed by atoms with Gasteiger partial charge in [-0.05, 0) is 30.7 Å². The summed E-state index contributed by atoms with van der Waals surface area (Å²) < 4.78 is 5.55. The van der Waals surface area contributed by atoms with Crippen molar-refractivity contribution in [1.82, 2.24) is 9.97 Å². The van der Waals surface area contributed by atoms with E-state index in [1.54, 1.807) is 18.2 Å². The van der Waals surface area contributed by atoms with Crippen LogP contribution in [-0.2, 0) is 0 Å². The van der Waals surface area contributed by atoms with Crippen LogP contribution in [0.25, 0.3) is 0 Å². The Morgan fingerprint density at radius 3 is 2.82 bits per heavy atom. The molecular formula is C11H11ClN4O. The van der Waals surface area contributed by atoms with Crippen LogP contribution in [0.3, 0.4) is 0 Å². The molecule has 0 bridgehead atoms. The second-order valence-corrected chi connectivity index (χ2v) is 3.81. The fourth-order valence-electron chi connectivity index (χ4n) is 1.28. The van der Waals surface area contributed by atoms with Gasteiger partial charge in [0.25, 0.3) is 0 Å². The molecule has 0 saturated heterocycles. The summed E-state index contributed by atoms with van der Waals surface area (Å²) in [5, 5.41) is 0.698. The minimum Gasteiger partial charge on any atom is -0.439 e. The summed E-state index contributed by atoms with van der Waals surface area (Å²) in [5.41, 5.74) is 3.36. The van der Waals surface area contributed by atoms with Crippen molar-refractivity contribution in [3.63, 3.8) is 0 Å². The highest BCUT2D eigenvalue weighted by Gasteiger charge is 2.02. The van der Waals surface area contributed by atoms with E-state index in [2.05, 4.69) is 15.4 Å². The number of ether oxygens (including phenoxy) is 1. The maximum atomic E-state index is 5.92. The molecule has 17 heavy (non-hydrogen) atoms. The Balaban J connectivity index is 2.22. The molecule has 0 unspecified atom stereocenters. The van der Waals surface area contributed by atoms with Crippen molar-refractivity contribution in [1.29, 1.82) is 0 Å². The van der Waals surface area contributed by atoms with E-state index in [-0.39, 0.29) is 0 Å². The van der Waals surface area contributed by atoms with Gasteiger partial charge in [0.15, 0.2) is 0 Å². The van der Waals surface area contributed by atoms with Crippen molar-refractivity contribution in [3.8, 4) is 11.6 Å². The number of aryl methyl sites for hydroxylation is 1. The molecule has 88 valence electrons. The van der Waals surface area contributed by atoms with E-state index >= 15 is 0 Å². The van der Waals surface area contributed by atoms with Gasteiger partial charge in [-0.2, -0.15) is 0 Å². The quantitative estimate of drug-likeness (QED) is 0.647. The molecule has 0 aliphatic rings. The van der Waals surface area contributed by atoms with E-state index in [1.165, 1.54) is 6.33 Å². The van der Waals surface area contributed by atoms with Crippen LogP contribution in [0.2, 0.25) is 5.02 Å². The fourth-order valence-corrected chi connectivity index (χ4v) is 1.39. The van der Waals surface area contributed by atoms with Crippen LogP contribution in [-0.4, -0.2) is 9.97 Å². The van der Waals surface area contributed by atoms with Crippen molar-refractivity contribution in [2.75, 3.05) is 5.43 Å². The van der Waals surface area contributed by atoms with E-state index in [1.807, 2.05) is 13.0 Å². The minimum absolute atomic E-state index is 0.412. The molecular weight excluding hydrogens is 240 g/mol. The number of rotatable bonds is 3. The molecule has 2 aromatic rings. The predicted molar refractivity (Wildman–Crippen MR) is 66.1 cm³/mol. The Hall–Kier alpha value is -1.85. The van der Waals surface area contributed by atoms with E-state index in [0.29, 0.717) is 22.5 Å². The standard InChI is InChI=1S/C11H11ClN4O/c1-7-4-8(2-3-9(7)12)17-11-5-10(16-13)14-6-15-11/h2-6H,13H2,1H3,(H,14,15,16). The maximum Gasteiger partial charge on any atom is 0.224 e. The van der Waals surface area contributed by atoms with Crippen LogP contribution in [0.1, 0.15) is 5.56 Å². The number of hydrazine groups is 1. The molecule has 0 atom stereocenters. The Bertz CT molecular complexity index is 533. The average molecular weight is 251 g/mol. The van der Waals surface area contributed by atoms with Crippen molar-refractivity contribution in [3.05, 3.63) is 41.2 Å². The van der Waals surface area contributed by atoms with Crippen LogP contribution in [0.5, 0.6) is 11.6 Å². The Morgan fingerprint density at radius 2 is 2.12 bits per heavy atom. The molecule has 1 heterocycles. The van der Waals surface area contributed by atoms with Gasteiger partial charge in [-0.25, -0.2) is 15.8 Å². The summed E-state index contributed by atoms with van der Waals surface area (Å²) in [5.74, 6) is 6.80. The van der Waals surface area contributed by atoms with Gasteiger partial charge in [-0.3, -0.25) is 0 Å². The van der Waals surface area contributed by atoms with Crippen molar-refractivity contribution >= 4 is 17.4 Å². The first-order valence-corrected chi connectivity index (χ1v) is 5.29. The zero-order chi connectivity index (χ0) is 12.3. The maximum absolute atomic E-state index is 5.92. The molecule has 0 radical (unpaired) electrons. The highest BCUT2D eigenvalue weighted by molar-refractivity contribution is 6.31. The summed E-state index contributed by atoms with van der Waals surface area (Å²) >= 11 is 5.92. The molecule has 1 aromatic carbocycles. The zero-order valence-electron chi connectivity index (χ0n) is 9.14. The molecule has 2 rings (SSSR count). The lowest BCUT2D eigenvalue weighted by molar-refractivity contribution is 0.461. The molecule has 0 amide bonds. The summed E-state index contributed by atoms with van der Waals surface area (Å²) in [6, 6.07) is 6.98. The summed E-state index contributed by atoms with van der Waals surface area (Å²) in [6.45, 7) is 1.90. The second kappa shape index (κ2) is 4.99. The Kier molecular flexibility index (Phi) is 3.41. The molecule has 0 fully saturated rings. The number of halogens is 1. The van der Waals surface area contributed by atoms with Crippen molar-refractivity contribution < 1.29 is 4.74 Å². The highest BCUT2D eigenvalue weighted by atomic mass is 35.5. The second-order valence-electron chi connectivity index (χ2n) is 3.40. The normalized spacial score (nSPS) is 10.1. The number of nitrogens with two attached hydrogens (primary N) is 1. The zero-order valence-corrected chi connectivity index (χ0v) is 9.90. The average Bonchev–Trinajstić information content (AvgIpc) is 2.34. The number of hydrogen-bond donors (Lipinski definition) is 2. The van der Waals surface area contributed by atoms with E-state index in [4.69, 9.17) is 22.2 Å². The number of anilines is 1. The van der Waals surface area contributed by atoms with Crippen molar-refractivity contribution in [2.24, 2.45) is 5.84 Å². The Labute approximate surface area is 104 Å². The monoisotopic (exact) mass is 250 g/mol. The van der Waals surface area contributed by atoms with Crippen LogP contribution >= 0.6 is 11.6 Å². The number of nitrogens with one attached hydrogen (secondary N) is 1. The molecule has 0 saturated carbocycles.